The Morgan fingerprint density at radius 1 is 0.963 bits per heavy atom. The van der Waals surface area contributed by atoms with Gasteiger partial charge in [-0.3, -0.25) is 4.99 Å². The molecule has 0 radical (unpaired) electrons. The minimum atomic E-state index is 0. The van der Waals surface area contributed by atoms with Crippen LogP contribution in [0.1, 0.15) is 19.3 Å². The molecule has 0 bridgehead atoms. The molecular formula is C21H30Cl2N4. The van der Waals surface area contributed by atoms with Crippen molar-refractivity contribution in [2.45, 2.75) is 19.3 Å². The average Bonchev–Trinajstić information content (AvgIpc) is 3.19. The predicted octanol–water partition coefficient (Wildman–Crippen LogP) is 4.43. The van der Waals surface area contributed by atoms with Crippen molar-refractivity contribution in [3.8, 4) is 11.1 Å². The molecule has 1 aliphatic rings. The lowest BCUT2D eigenvalue weighted by atomic mass is 10.1. The summed E-state index contributed by atoms with van der Waals surface area (Å²) in [5, 5.41) is 0. The second-order valence-electron chi connectivity index (χ2n) is 6.55. The molecule has 0 saturated carbocycles. The fourth-order valence-corrected chi connectivity index (χ4v) is 3.42. The molecule has 0 amide bonds. The smallest absolute Gasteiger partial charge is 0.195 e. The van der Waals surface area contributed by atoms with Crippen molar-refractivity contribution in [2.75, 3.05) is 38.1 Å². The molecule has 2 N–H and O–H groups in total. The van der Waals surface area contributed by atoms with Crippen LogP contribution in [-0.2, 0) is 0 Å². The van der Waals surface area contributed by atoms with Crippen molar-refractivity contribution >= 4 is 36.5 Å². The fraction of sp³-hybridized carbons (Fsp3) is 0.381. The lowest BCUT2D eigenvalue weighted by Gasteiger charge is -2.25. The van der Waals surface area contributed by atoms with Gasteiger partial charge in [0.05, 0.1) is 0 Å². The first-order chi connectivity index (χ1) is 12.3. The third-order valence-corrected chi connectivity index (χ3v) is 4.85. The normalized spacial score (nSPS) is 14.3. The molecule has 0 unspecified atom stereocenters. The van der Waals surface area contributed by atoms with Crippen LogP contribution in [-0.4, -0.2) is 44.1 Å². The molecule has 0 aromatic heterocycles. The number of hydrogen-bond donors (Lipinski definition) is 1. The van der Waals surface area contributed by atoms with Gasteiger partial charge in [-0.05, 0) is 62.2 Å². The lowest BCUT2D eigenvalue weighted by Crippen LogP contribution is -2.39. The van der Waals surface area contributed by atoms with Crippen molar-refractivity contribution in [2.24, 2.45) is 10.7 Å². The molecule has 0 atom stereocenters. The van der Waals surface area contributed by atoms with Crippen LogP contribution in [0.4, 0.5) is 5.69 Å². The number of hydrogen-bond acceptors (Lipinski definition) is 2. The topological polar surface area (TPSA) is 44.9 Å². The highest BCUT2D eigenvalue weighted by atomic mass is 35.5. The molecule has 2 aromatic rings. The van der Waals surface area contributed by atoms with Crippen molar-refractivity contribution in [1.82, 2.24) is 4.90 Å². The number of anilines is 1. The molecule has 3 rings (SSSR count). The Bertz CT molecular complexity index is 683. The van der Waals surface area contributed by atoms with Crippen molar-refractivity contribution < 1.29 is 0 Å². The zero-order valence-corrected chi connectivity index (χ0v) is 17.5. The first kappa shape index (κ1) is 23.3. The summed E-state index contributed by atoms with van der Waals surface area (Å²) in [7, 11) is 1.75. The van der Waals surface area contributed by atoms with E-state index in [4.69, 9.17) is 5.73 Å². The highest BCUT2D eigenvalue weighted by molar-refractivity contribution is 5.95. The van der Waals surface area contributed by atoms with Gasteiger partial charge in [0, 0.05) is 19.3 Å². The van der Waals surface area contributed by atoms with E-state index in [-0.39, 0.29) is 24.8 Å². The van der Waals surface area contributed by atoms with Gasteiger partial charge in [0.15, 0.2) is 5.96 Å². The van der Waals surface area contributed by atoms with E-state index in [0.29, 0.717) is 5.96 Å². The summed E-state index contributed by atoms with van der Waals surface area (Å²) >= 11 is 0. The Hall–Kier alpha value is -1.75. The maximum Gasteiger partial charge on any atom is 0.195 e. The Morgan fingerprint density at radius 2 is 1.56 bits per heavy atom. The number of guanidine groups is 1. The molecule has 148 valence electrons. The number of likely N-dealkylation sites (tertiary alicyclic amines) is 1. The molecule has 27 heavy (non-hydrogen) atoms. The highest BCUT2D eigenvalue weighted by Gasteiger charge is 2.14. The van der Waals surface area contributed by atoms with Crippen LogP contribution in [0.3, 0.4) is 0 Å². The Labute approximate surface area is 175 Å². The number of halogens is 2. The van der Waals surface area contributed by atoms with Gasteiger partial charge < -0.3 is 15.5 Å². The van der Waals surface area contributed by atoms with E-state index in [9.17, 15) is 0 Å². The van der Waals surface area contributed by atoms with E-state index < -0.39 is 0 Å². The van der Waals surface area contributed by atoms with Crippen molar-refractivity contribution in [3.05, 3.63) is 54.6 Å². The van der Waals surface area contributed by atoms with E-state index in [1.54, 1.807) is 7.05 Å². The maximum absolute atomic E-state index is 6.15. The van der Waals surface area contributed by atoms with Crippen LogP contribution in [0.5, 0.6) is 0 Å². The third kappa shape index (κ3) is 6.42. The molecule has 1 fully saturated rings. The number of nitrogens with two attached hydrogens (primary N) is 1. The van der Waals surface area contributed by atoms with Crippen LogP contribution < -0.4 is 10.6 Å². The van der Waals surface area contributed by atoms with E-state index >= 15 is 0 Å². The van der Waals surface area contributed by atoms with E-state index in [0.717, 1.165) is 25.2 Å². The molecule has 6 heteroatoms. The fourth-order valence-electron chi connectivity index (χ4n) is 3.42. The van der Waals surface area contributed by atoms with Gasteiger partial charge in [0.2, 0.25) is 0 Å². The number of aliphatic imine (C=N–C) groups is 1. The first-order valence-electron chi connectivity index (χ1n) is 9.15. The highest BCUT2D eigenvalue weighted by Crippen LogP contribution is 2.23. The Kier molecular flexibility index (Phi) is 10.2. The maximum atomic E-state index is 6.15. The molecule has 4 nitrogen and oxygen atoms in total. The van der Waals surface area contributed by atoms with Gasteiger partial charge in [-0.1, -0.05) is 42.5 Å². The molecular weight excluding hydrogens is 379 g/mol. The van der Waals surface area contributed by atoms with E-state index in [1.807, 2.05) is 6.07 Å². The summed E-state index contributed by atoms with van der Waals surface area (Å²) in [6, 6.07) is 19.0. The predicted molar refractivity (Wildman–Crippen MR) is 122 cm³/mol. The van der Waals surface area contributed by atoms with Crippen molar-refractivity contribution in [3.63, 3.8) is 0 Å². The monoisotopic (exact) mass is 408 g/mol. The number of rotatable bonds is 6. The summed E-state index contributed by atoms with van der Waals surface area (Å²) < 4.78 is 0. The Balaban J connectivity index is 0.00000182. The summed E-state index contributed by atoms with van der Waals surface area (Å²) in [5.74, 6) is 0.578. The van der Waals surface area contributed by atoms with Gasteiger partial charge in [0.1, 0.15) is 0 Å². The SMILES string of the molecule is CN=C(N)N(CCCN1CCCC1)c1ccc(-c2ccccc2)cc1.Cl.Cl. The summed E-state index contributed by atoms with van der Waals surface area (Å²) in [5.41, 5.74) is 9.70. The first-order valence-corrected chi connectivity index (χ1v) is 9.15. The summed E-state index contributed by atoms with van der Waals surface area (Å²) in [6.45, 7) is 4.51. The molecule has 1 saturated heterocycles. The van der Waals surface area contributed by atoms with Gasteiger partial charge in [-0.25, -0.2) is 0 Å². The van der Waals surface area contributed by atoms with Crippen LogP contribution in [0, 0.1) is 0 Å². The summed E-state index contributed by atoms with van der Waals surface area (Å²) in [6.07, 6.45) is 3.77. The minimum Gasteiger partial charge on any atom is -0.370 e. The van der Waals surface area contributed by atoms with Crippen LogP contribution in [0.2, 0.25) is 0 Å². The van der Waals surface area contributed by atoms with Gasteiger partial charge in [-0.15, -0.1) is 24.8 Å². The molecule has 0 aliphatic carbocycles. The second-order valence-corrected chi connectivity index (χ2v) is 6.55. The van der Waals surface area contributed by atoms with Gasteiger partial charge in [0.25, 0.3) is 0 Å². The zero-order chi connectivity index (χ0) is 17.5. The van der Waals surface area contributed by atoms with E-state index in [1.165, 1.54) is 37.1 Å². The average molecular weight is 409 g/mol. The third-order valence-electron chi connectivity index (χ3n) is 4.85. The molecule has 0 spiro atoms. The minimum absolute atomic E-state index is 0. The zero-order valence-electron chi connectivity index (χ0n) is 15.9. The van der Waals surface area contributed by atoms with Crippen LogP contribution in [0.15, 0.2) is 59.6 Å². The second kappa shape index (κ2) is 11.9. The van der Waals surface area contributed by atoms with Crippen molar-refractivity contribution in [1.29, 1.82) is 0 Å². The quantitative estimate of drug-likeness (QED) is 0.567. The Morgan fingerprint density at radius 3 is 2.15 bits per heavy atom. The van der Waals surface area contributed by atoms with Crippen LogP contribution >= 0.6 is 24.8 Å². The molecule has 1 aliphatic heterocycles. The molecule has 1 heterocycles. The number of benzene rings is 2. The summed E-state index contributed by atoms with van der Waals surface area (Å²) in [4.78, 5) is 8.86. The largest absolute Gasteiger partial charge is 0.370 e. The number of nitrogens with zero attached hydrogens (tertiary/aromatic N) is 3. The van der Waals surface area contributed by atoms with Gasteiger partial charge >= 0.3 is 0 Å². The van der Waals surface area contributed by atoms with Crippen LogP contribution in [0.25, 0.3) is 11.1 Å². The molecule has 2 aromatic carbocycles. The van der Waals surface area contributed by atoms with E-state index in [2.05, 4.69) is 63.3 Å². The standard InChI is InChI=1S/C21H28N4.2ClH/c1-23-21(22)25(17-7-16-24-14-5-6-15-24)20-12-10-19(11-13-20)18-8-3-2-4-9-18;;/h2-4,8-13H,5-7,14-17H2,1H3,(H2,22,23);2*1H. The lowest BCUT2D eigenvalue weighted by molar-refractivity contribution is 0.336. The van der Waals surface area contributed by atoms with Gasteiger partial charge in [-0.2, -0.15) is 0 Å².